The molecule has 1 aliphatic rings. The highest BCUT2D eigenvalue weighted by Gasteiger charge is 2.22. The first-order chi connectivity index (χ1) is 11.0. The molecule has 1 N–H and O–H groups in total. The first kappa shape index (κ1) is 16.9. The van der Waals surface area contributed by atoms with Gasteiger partial charge in [-0.25, -0.2) is 13.1 Å². The fourth-order valence-electron chi connectivity index (χ4n) is 2.43. The van der Waals surface area contributed by atoms with E-state index in [4.69, 9.17) is 11.6 Å². The Bertz CT molecular complexity index is 813. The number of halogens is 1. The number of carbonyl (C=O) groups excluding carboxylic acids is 1. The molecule has 124 valence electrons. The lowest BCUT2D eigenvalue weighted by molar-refractivity contribution is -0.131. The van der Waals surface area contributed by atoms with Gasteiger partial charge in [0, 0.05) is 30.9 Å². The number of hydrogen-bond donors (Lipinski definition) is 1. The zero-order valence-electron chi connectivity index (χ0n) is 12.1. The maximum Gasteiger partial charge on any atom is 0.250 e. The quantitative estimate of drug-likeness (QED) is 0.853. The van der Waals surface area contributed by atoms with Crippen LogP contribution in [0.5, 0.6) is 0 Å². The van der Waals surface area contributed by atoms with Crippen LogP contribution < -0.4 is 4.72 Å². The van der Waals surface area contributed by atoms with E-state index in [-0.39, 0.29) is 23.1 Å². The molecule has 23 heavy (non-hydrogen) atoms. The molecule has 0 aromatic carbocycles. The molecule has 0 saturated heterocycles. The molecule has 1 aliphatic heterocycles. The third-order valence-electron chi connectivity index (χ3n) is 3.60. The van der Waals surface area contributed by atoms with Crippen molar-refractivity contribution in [3.05, 3.63) is 38.4 Å². The van der Waals surface area contributed by atoms with Gasteiger partial charge in [0.05, 0.1) is 4.34 Å². The van der Waals surface area contributed by atoms with E-state index < -0.39 is 10.0 Å². The van der Waals surface area contributed by atoms with Crippen LogP contribution in [0.25, 0.3) is 0 Å². The van der Waals surface area contributed by atoms with Crippen molar-refractivity contribution in [1.29, 1.82) is 0 Å². The van der Waals surface area contributed by atoms with Gasteiger partial charge in [0.15, 0.2) is 0 Å². The zero-order valence-corrected chi connectivity index (χ0v) is 15.3. The number of nitrogens with zero attached hydrogens (tertiary/aromatic N) is 1. The Kier molecular flexibility index (Phi) is 5.07. The fraction of sp³-hybridized carbons (Fsp3) is 0.357. The second kappa shape index (κ2) is 6.90. The van der Waals surface area contributed by atoms with Crippen LogP contribution in [0.2, 0.25) is 4.34 Å². The van der Waals surface area contributed by atoms with E-state index in [2.05, 4.69) is 4.72 Å². The Balaban J connectivity index is 1.52. The lowest BCUT2D eigenvalue weighted by atomic mass is 10.1. The normalized spacial score (nSPS) is 14.7. The SMILES string of the molecule is O=C(CCNS(=O)(=O)c1ccc(Cl)s1)N1CCc2sccc2C1. The number of sulfonamides is 1. The van der Waals surface area contributed by atoms with Gasteiger partial charge in [-0.1, -0.05) is 11.6 Å². The number of carbonyl (C=O) groups is 1. The van der Waals surface area contributed by atoms with E-state index >= 15 is 0 Å². The summed E-state index contributed by atoms with van der Waals surface area (Å²) >= 11 is 8.47. The van der Waals surface area contributed by atoms with Crippen LogP contribution in [0.3, 0.4) is 0 Å². The Morgan fingerprint density at radius 3 is 2.91 bits per heavy atom. The van der Waals surface area contributed by atoms with E-state index in [9.17, 15) is 13.2 Å². The maximum absolute atomic E-state index is 12.2. The predicted octanol–water partition coefficient (Wildman–Crippen LogP) is 2.72. The number of nitrogens with one attached hydrogen (secondary N) is 1. The fourth-order valence-corrected chi connectivity index (χ4v) is 5.87. The molecule has 0 aliphatic carbocycles. The molecule has 0 fully saturated rings. The molecular formula is C14H15ClN2O3S3. The summed E-state index contributed by atoms with van der Waals surface area (Å²) in [5.41, 5.74) is 1.20. The molecule has 0 spiro atoms. The average Bonchev–Trinajstić information content (AvgIpc) is 3.14. The smallest absolute Gasteiger partial charge is 0.250 e. The van der Waals surface area contributed by atoms with Gasteiger partial charge in [0.1, 0.15) is 4.21 Å². The third-order valence-corrected chi connectivity index (χ3v) is 7.81. The minimum Gasteiger partial charge on any atom is -0.338 e. The summed E-state index contributed by atoms with van der Waals surface area (Å²) in [7, 11) is -3.59. The molecule has 0 bridgehead atoms. The van der Waals surface area contributed by atoms with Gasteiger partial charge in [0.2, 0.25) is 15.9 Å². The molecule has 9 heteroatoms. The van der Waals surface area contributed by atoms with Crippen molar-refractivity contribution < 1.29 is 13.2 Å². The van der Waals surface area contributed by atoms with Crippen molar-refractivity contribution in [1.82, 2.24) is 9.62 Å². The summed E-state index contributed by atoms with van der Waals surface area (Å²) in [6.07, 6.45) is 1.02. The zero-order chi connectivity index (χ0) is 16.4. The lowest BCUT2D eigenvalue weighted by Gasteiger charge is -2.27. The molecule has 3 heterocycles. The Hall–Kier alpha value is -0.930. The van der Waals surface area contributed by atoms with Crippen LogP contribution in [0.1, 0.15) is 16.9 Å². The third kappa shape index (κ3) is 3.95. The molecular weight excluding hydrogens is 376 g/mol. The summed E-state index contributed by atoms with van der Waals surface area (Å²) in [5, 5.41) is 2.04. The van der Waals surface area contributed by atoms with Crippen molar-refractivity contribution >= 4 is 50.2 Å². The number of thiophene rings is 2. The van der Waals surface area contributed by atoms with Crippen LogP contribution in [0.15, 0.2) is 27.8 Å². The maximum atomic E-state index is 12.2. The van der Waals surface area contributed by atoms with Crippen LogP contribution >= 0.6 is 34.3 Å². The molecule has 2 aromatic rings. The van der Waals surface area contributed by atoms with Gasteiger partial charge in [-0.3, -0.25) is 4.79 Å². The number of amides is 1. The van der Waals surface area contributed by atoms with Gasteiger partial charge < -0.3 is 4.90 Å². The molecule has 3 rings (SSSR count). The summed E-state index contributed by atoms with van der Waals surface area (Å²) < 4.78 is 27.1. The van der Waals surface area contributed by atoms with Gasteiger partial charge in [-0.05, 0) is 35.6 Å². The second-order valence-corrected chi connectivity index (χ2v) is 9.85. The predicted molar refractivity (Wildman–Crippen MR) is 92.6 cm³/mol. The highest BCUT2D eigenvalue weighted by atomic mass is 35.5. The second-order valence-electron chi connectivity index (χ2n) is 5.14. The molecule has 0 unspecified atom stereocenters. The molecule has 2 aromatic heterocycles. The van der Waals surface area contributed by atoms with E-state index in [1.165, 1.54) is 22.6 Å². The Morgan fingerprint density at radius 1 is 1.35 bits per heavy atom. The first-order valence-corrected chi connectivity index (χ1v) is 10.6. The number of fused-ring (bicyclic) bond motifs is 1. The number of rotatable bonds is 5. The average molecular weight is 391 g/mol. The molecule has 0 radical (unpaired) electrons. The largest absolute Gasteiger partial charge is 0.338 e. The van der Waals surface area contributed by atoms with Gasteiger partial charge in [-0.2, -0.15) is 0 Å². The summed E-state index contributed by atoms with van der Waals surface area (Å²) in [6, 6.07) is 5.04. The van der Waals surface area contributed by atoms with Gasteiger partial charge in [0.25, 0.3) is 0 Å². The molecule has 0 atom stereocenters. The van der Waals surface area contributed by atoms with Crippen LogP contribution in [0, 0.1) is 0 Å². The van der Waals surface area contributed by atoms with E-state index in [0.717, 1.165) is 17.8 Å². The van der Waals surface area contributed by atoms with Crippen molar-refractivity contribution in [3.8, 4) is 0 Å². The van der Waals surface area contributed by atoms with E-state index in [1.54, 1.807) is 16.2 Å². The van der Waals surface area contributed by atoms with Crippen LogP contribution in [-0.4, -0.2) is 32.3 Å². The monoisotopic (exact) mass is 390 g/mol. The summed E-state index contributed by atoms with van der Waals surface area (Å²) in [4.78, 5) is 15.4. The Morgan fingerprint density at radius 2 is 2.17 bits per heavy atom. The number of hydrogen-bond acceptors (Lipinski definition) is 5. The topological polar surface area (TPSA) is 66.5 Å². The molecule has 0 saturated carbocycles. The summed E-state index contributed by atoms with van der Waals surface area (Å²) in [6.45, 7) is 1.40. The van der Waals surface area contributed by atoms with Crippen molar-refractivity contribution in [2.75, 3.05) is 13.1 Å². The van der Waals surface area contributed by atoms with Gasteiger partial charge in [-0.15, -0.1) is 22.7 Å². The highest BCUT2D eigenvalue weighted by molar-refractivity contribution is 7.91. The van der Waals surface area contributed by atoms with Crippen molar-refractivity contribution in [3.63, 3.8) is 0 Å². The van der Waals surface area contributed by atoms with E-state index in [0.29, 0.717) is 17.4 Å². The van der Waals surface area contributed by atoms with Crippen LogP contribution in [-0.2, 0) is 27.8 Å². The molecule has 5 nitrogen and oxygen atoms in total. The lowest BCUT2D eigenvalue weighted by Crippen LogP contribution is -2.37. The Labute approximate surface area is 147 Å². The van der Waals surface area contributed by atoms with Crippen LogP contribution in [0.4, 0.5) is 0 Å². The van der Waals surface area contributed by atoms with Gasteiger partial charge >= 0.3 is 0 Å². The minimum absolute atomic E-state index is 0.0336. The van der Waals surface area contributed by atoms with Crippen molar-refractivity contribution in [2.45, 2.75) is 23.6 Å². The first-order valence-electron chi connectivity index (χ1n) is 7.04. The standard InChI is InChI=1S/C14H15ClN2O3S3/c15-12-1-2-14(22-12)23(19,20)16-6-3-13(18)17-7-4-11-10(9-17)5-8-21-11/h1-2,5,8,16H,3-4,6-7,9H2. The summed E-state index contributed by atoms with van der Waals surface area (Å²) in [5.74, 6) is -0.0336. The minimum atomic E-state index is -3.59. The molecule has 1 amide bonds. The van der Waals surface area contributed by atoms with E-state index in [1.807, 2.05) is 11.4 Å². The highest BCUT2D eigenvalue weighted by Crippen LogP contribution is 2.26. The van der Waals surface area contributed by atoms with Crippen molar-refractivity contribution in [2.24, 2.45) is 0 Å².